The quantitative estimate of drug-likeness (QED) is 0.765. The summed E-state index contributed by atoms with van der Waals surface area (Å²) < 4.78 is 1.87. The Balaban J connectivity index is 2.13. The van der Waals surface area contributed by atoms with Crippen molar-refractivity contribution in [3.8, 4) is 11.1 Å². The molecule has 0 spiro atoms. The van der Waals surface area contributed by atoms with Crippen molar-refractivity contribution in [1.29, 1.82) is 0 Å². The summed E-state index contributed by atoms with van der Waals surface area (Å²) in [6.07, 6.45) is 12.9. The Bertz CT molecular complexity index is 667. The van der Waals surface area contributed by atoms with Gasteiger partial charge in [-0.15, -0.1) is 0 Å². The van der Waals surface area contributed by atoms with Crippen LogP contribution in [0.5, 0.6) is 0 Å². The summed E-state index contributed by atoms with van der Waals surface area (Å²) in [6, 6.07) is 3.98. The third kappa shape index (κ3) is 1.88. The topological polar surface area (TPSA) is 34.9 Å². The first-order valence-corrected chi connectivity index (χ1v) is 6.04. The van der Waals surface area contributed by atoms with Crippen molar-refractivity contribution >= 4 is 0 Å². The van der Waals surface area contributed by atoms with Gasteiger partial charge in [0.05, 0.1) is 11.3 Å². The highest BCUT2D eigenvalue weighted by Gasteiger charge is 2.15. The van der Waals surface area contributed by atoms with E-state index in [0.717, 1.165) is 17.7 Å². The molecule has 0 aromatic rings. The summed E-state index contributed by atoms with van der Waals surface area (Å²) in [4.78, 5) is 16.2. The molecule has 90 valence electrons. The highest BCUT2D eigenvalue weighted by atomic mass is 16.1. The number of pyridine rings is 2. The van der Waals surface area contributed by atoms with E-state index in [4.69, 9.17) is 0 Å². The third-order valence-corrected chi connectivity index (χ3v) is 3.26. The van der Waals surface area contributed by atoms with Crippen LogP contribution in [-0.2, 0) is 7.05 Å². The van der Waals surface area contributed by atoms with E-state index in [-0.39, 0.29) is 11.5 Å². The predicted molar refractivity (Wildman–Crippen MR) is 71.7 cm³/mol. The minimum atomic E-state index is -0.137. The Morgan fingerprint density at radius 2 is 2.28 bits per heavy atom. The lowest BCUT2D eigenvalue weighted by atomic mass is 9.94. The third-order valence-electron chi connectivity index (χ3n) is 3.26. The van der Waals surface area contributed by atoms with E-state index < -0.39 is 0 Å². The Morgan fingerprint density at radius 3 is 3.06 bits per heavy atom. The average molecular weight is 238 g/mol. The van der Waals surface area contributed by atoms with Crippen LogP contribution in [0.3, 0.4) is 0 Å². The molecular weight excluding hydrogens is 224 g/mol. The van der Waals surface area contributed by atoms with Crippen LogP contribution >= 0.6 is 0 Å². The number of hydrogen-bond acceptors (Lipinski definition) is 2. The Hall–Kier alpha value is -2.16. The van der Waals surface area contributed by atoms with Crippen molar-refractivity contribution < 1.29 is 0 Å². The van der Waals surface area contributed by atoms with E-state index >= 15 is 0 Å². The normalized spacial score (nSPS) is 18.4. The minimum Gasteiger partial charge on any atom is -0.356 e. The van der Waals surface area contributed by atoms with Gasteiger partial charge in [0.1, 0.15) is 0 Å². The minimum absolute atomic E-state index is 0.137. The molecule has 18 heavy (non-hydrogen) atoms. The van der Waals surface area contributed by atoms with Gasteiger partial charge < -0.3 is 4.57 Å². The Labute approximate surface area is 105 Å². The molecule has 3 aliphatic rings. The van der Waals surface area contributed by atoms with Gasteiger partial charge in [-0.05, 0) is 24.1 Å². The second-order valence-electron chi connectivity index (χ2n) is 4.62. The number of aryl methyl sites for hydroxylation is 1. The van der Waals surface area contributed by atoms with E-state index in [1.807, 2.05) is 48.3 Å². The highest BCUT2D eigenvalue weighted by Crippen LogP contribution is 2.26. The lowest BCUT2D eigenvalue weighted by molar-refractivity contribution is 0.808. The van der Waals surface area contributed by atoms with Crippen molar-refractivity contribution in [2.24, 2.45) is 7.05 Å². The van der Waals surface area contributed by atoms with E-state index in [1.54, 1.807) is 0 Å². The zero-order valence-corrected chi connectivity index (χ0v) is 10.2. The summed E-state index contributed by atoms with van der Waals surface area (Å²) in [6.45, 7) is 0. The van der Waals surface area contributed by atoms with Crippen molar-refractivity contribution in [2.45, 2.75) is 12.3 Å². The zero-order valence-electron chi connectivity index (χ0n) is 10.2. The van der Waals surface area contributed by atoms with Gasteiger partial charge in [-0.25, -0.2) is 4.98 Å². The molecule has 1 aliphatic carbocycles. The van der Waals surface area contributed by atoms with Crippen molar-refractivity contribution in [1.82, 2.24) is 9.55 Å². The molecule has 0 bridgehead atoms. The van der Waals surface area contributed by atoms with E-state index in [9.17, 15) is 4.79 Å². The number of nitrogens with zero attached hydrogens (tertiary/aromatic N) is 2. The molecule has 0 saturated carbocycles. The summed E-state index contributed by atoms with van der Waals surface area (Å²) in [7, 11) is 1.90. The van der Waals surface area contributed by atoms with Gasteiger partial charge in [0.25, 0.3) is 5.56 Å². The molecule has 0 aromatic heterocycles. The molecule has 0 radical (unpaired) electrons. The van der Waals surface area contributed by atoms with Crippen LogP contribution in [0.15, 0.2) is 53.6 Å². The molecule has 2 heterocycles. The van der Waals surface area contributed by atoms with Crippen LogP contribution < -0.4 is 5.56 Å². The zero-order chi connectivity index (χ0) is 12.5. The summed E-state index contributed by atoms with van der Waals surface area (Å²) in [5, 5.41) is 0. The van der Waals surface area contributed by atoms with Gasteiger partial charge in [0.2, 0.25) is 0 Å². The van der Waals surface area contributed by atoms with Gasteiger partial charge in [0.15, 0.2) is 0 Å². The fraction of sp³-hybridized carbons (Fsp3) is 0.200. The maximum absolute atomic E-state index is 12.0. The van der Waals surface area contributed by atoms with Crippen molar-refractivity contribution in [3.05, 3.63) is 64.9 Å². The predicted octanol–water partition coefficient (Wildman–Crippen LogP) is 2.48. The average Bonchev–Trinajstić information content (AvgIpc) is 2.40. The molecule has 0 amide bonds. The number of aromatic nitrogens is 2. The maximum Gasteiger partial charge on any atom is 0.279 e. The van der Waals surface area contributed by atoms with Crippen molar-refractivity contribution in [2.75, 3.05) is 0 Å². The van der Waals surface area contributed by atoms with Gasteiger partial charge in [-0.1, -0.05) is 24.3 Å². The first-order valence-electron chi connectivity index (χ1n) is 6.04. The van der Waals surface area contributed by atoms with Gasteiger partial charge in [-0.3, -0.25) is 4.79 Å². The lowest BCUT2D eigenvalue weighted by Gasteiger charge is -2.14. The molecule has 2 aliphatic heterocycles. The SMILES string of the molecule is Cn1ccc2cc(C3C=CC=CC3)nc(=O)c-2c1. The van der Waals surface area contributed by atoms with Crippen LogP contribution in [0.1, 0.15) is 18.0 Å². The molecule has 0 saturated heterocycles. The molecule has 3 heteroatoms. The summed E-state index contributed by atoms with van der Waals surface area (Å²) in [5.41, 5.74) is 2.37. The molecule has 1 atom stereocenters. The van der Waals surface area contributed by atoms with Crippen LogP contribution in [0.4, 0.5) is 0 Å². The fourth-order valence-electron chi connectivity index (χ4n) is 2.27. The maximum atomic E-state index is 12.0. The molecule has 3 nitrogen and oxygen atoms in total. The molecule has 3 rings (SSSR count). The highest BCUT2D eigenvalue weighted by molar-refractivity contribution is 5.63. The lowest BCUT2D eigenvalue weighted by Crippen LogP contribution is -2.15. The van der Waals surface area contributed by atoms with Crippen molar-refractivity contribution in [3.63, 3.8) is 0 Å². The van der Waals surface area contributed by atoms with Crippen LogP contribution in [0, 0.1) is 0 Å². The van der Waals surface area contributed by atoms with Gasteiger partial charge >= 0.3 is 0 Å². The largest absolute Gasteiger partial charge is 0.356 e. The second-order valence-corrected chi connectivity index (χ2v) is 4.62. The Kier molecular flexibility index (Phi) is 2.59. The van der Waals surface area contributed by atoms with E-state index in [1.165, 1.54) is 0 Å². The molecule has 0 fully saturated rings. The molecular formula is C15H14N2O. The number of fused-ring (bicyclic) bond motifs is 1. The number of hydrogen-bond donors (Lipinski definition) is 0. The monoisotopic (exact) mass is 238 g/mol. The van der Waals surface area contributed by atoms with Gasteiger partial charge in [-0.2, -0.15) is 0 Å². The molecule has 0 aromatic carbocycles. The molecule has 1 unspecified atom stereocenters. The second kappa shape index (κ2) is 4.26. The summed E-state index contributed by atoms with van der Waals surface area (Å²) in [5.74, 6) is 0.223. The van der Waals surface area contributed by atoms with Gasteiger partial charge in [0, 0.05) is 25.4 Å². The number of rotatable bonds is 1. The first-order chi connectivity index (χ1) is 8.74. The smallest absolute Gasteiger partial charge is 0.279 e. The molecule has 0 N–H and O–H groups in total. The van der Waals surface area contributed by atoms with Crippen LogP contribution in [0.2, 0.25) is 0 Å². The summed E-state index contributed by atoms with van der Waals surface area (Å²) >= 11 is 0. The van der Waals surface area contributed by atoms with E-state index in [0.29, 0.717) is 5.56 Å². The fourth-order valence-corrected chi connectivity index (χ4v) is 2.27. The first kappa shape index (κ1) is 11.0. The number of allylic oxidation sites excluding steroid dienone is 4. The van der Waals surface area contributed by atoms with E-state index in [2.05, 4.69) is 17.1 Å². The van der Waals surface area contributed by atoms with Crippen LogP contribution in [0.25, 0.3) is 11.1 Å². The van der Waals surface area contributed by atoms with Crippen LogP contribution in [-0.4, -0.2) is 9.55 Å². The standard InChI is InChI=1S/C15H14N2O/c1-17-8-7-12-9-14(11-5-3-2-4-6-11)16-15(18)13(12)10-17/h2-5,7-11H,6H2,1H3. The Morgan fingerprint density at radius 1 is 1.39 bits per heavy atom.